The number of aliphatic imine (C=N–C) groups is 3. The number of aliphatic hydroxyl groups excluding tert-OH is 1. The van der Waals surface area contributed by atoms with Gasteiger partial charge >= 0.3 is 0 Å². The van der Waals surface area contributed by atoms with Crippen LogP contribution in [0.5, 0.6) is 0 Å². The number of allylic oxidation sites excluding steroid dienone is 6. The number of carbonyl (C=O) groups is 1. The van der Waals surface area contributed by atoms with Crippen molar-refractivity contribution in [1.29, 1.82) is 0 Å². The summed E-state index contributed by atoms with van der Waals surface area (Å²) in [4.78, 5) is 32.3. The minimum atomic E-state index is -0.552. The van der Waals surface area contributed by atoms with Gasteiger partial charge in [-0.3, -0.25) is 4.79 Å². The Bertz CT molecular complexity index is 2430. The van der Waals surface area contributed by atoms with Crippen molar-refractivity contribution >= 4 is 56.9 Å². The van der Waals surface area contributed by atoms with Gasteiger partial charge in [0.1, 0.15) is 34.3 Å². The second-order valence-electron chi connectivity index (χ2n) is 13.7. The largest absolute Gasteiger partial charge is 0.506 e. The number of dihydropyridines is 1. The number of Topliss-reactive ketones (excluding diaryl/α,β-unsaturated/α-hetero) is 1. The normalized spacial score (nSPS) is 22.3. The third-order valence-corrected chi connectivity index (χ3v) is 10.0. The summed E-state index contributed by atoms with van der Waals surface area (Å²) in [6.07, 6.45) is 9.03. The standard InChI is InChI=1S/C40H30N4O4/c1-39(2)27-13-23(31-15-21-9-5-7-11-29(21)47-31)19-41-37(27)43-33(39)17-25-35(45)26(36(25)46)18-34-40(3,4)28-14-24(20-42-38(28)44-34)32-16-22-10-6-8-12-30(22)48-32/h5-20,27,45H,1-4H3/b26-18-,33-17-. The first-order valence-corrected chi connectivity index (χ1v) is 15.9. The summed E-state index contributed by atoms with van der Waals surface area (Å²) >= 11 is 0. The molecule has 1 unspecified atom stereocenters. The predicted octanol–water partition coefficient (Wildman–Crippen LogP) is 9.03. The van der Waals surface area contributed by atoms with Crippen LogP contribution >= 0.6 is 0 Å². The molecule has 1 aliphatic carbocycles. The van der Waals surface area contributed by atoms with Gasteiger partial charge in [-0.25, -0.2) is 20.0 Å². The first-order valence-electron chi connectivity index (χ1n) is 15.9. The van der Waals surface area contributed by atoms with E-state index in [1.165, 1.54) is 0 Å². The Kier molecular flexibility index (Phi) is 5.79. The lowest BCUT2D eigenvalue weighted by Gasteiger charge is -2.28. The van der Waals surface area contributed by atoms with Crippen LogP contribution in [0.15, 0.2) is 138 Å². The van der Waals surface area contributed by atoms with Crippen molar-refractivity contribution < 1.29 is 18.7 Å². The molecule has 0 fully saturated rings. The molecule has 9 rings (SSSR count). The number of rotatable bonds is 4. The molecule has 234 valence electrons. The Morgan fingerprint density at radius 2 is 1.54 bits per heavy atom. The van der Waals surface area contributed by atoms with E-state index in [1.54, 1.807) is 24.6 Å². The van der Waals surface area contributed by atoms with Crippen molar-refractivity contribution in [1.82, 2.24) is 4.98 Å². The zero-order chi connectivity index (χ0) is 32.9. The summed E-state index contributed by atoms with van der Waals surface area (Å²) in [6.45, 7) is 8.23. The van der Waals surface area contributed by atoms with Crippen molar-refractivity contribution in [2.24, 2.45) is 26.3 Å². The van der Waals surface area contributed by atoms with Crippen molar-refractivity contribution in [3.8, 4) is 11.3 Å². The van der Waals surface area contributed by atoms with E-state index in [2.05, 4.69) is 29.9 Å². The summed E-state index contributed by atoms with van der Waals surface area (Å²) in [6, 6.07) is 21.8. The number of ketones is 1. The van der Waals surface area contributed by atoms with Crippen LogP contribution in [0.3, 0.4) is 0 Å². The smallest absolute Gasteiger partial charge is 0.200 e. The first-order chi connectivity index (χ1) is 23.1. The molecule has 8 nitrogen and oxygen atoms in total. The minimum Gasteiger partial charge on any atom is -0.506 e. The first kappa shape index (κ1) is 28.3. The van der Waals surface area contributed by atoms with Gasteiger partial charge in [-0.15, -0.1) is 0 Å². The summed E-state index contributed by atoms with van der Waals surface area (Å²) < 4.78 is 12.2. The molecule has 4 aliphatic rings. The van der Waals surface area contributed by atoms with E-state index in [4.69, 9.17) is 18.8 Å². The van der Waals surface area contributed by atoms with Crippen LogP contribution in [0.2, 0.25) is 0 Å². The van der Waals surface area contributed by atoms with E-state index in [1.807, 2.05) is 80.6 Å². The van der Waals surface area contributed by atoms with Crippen LogP contribution in [-0.4, -0.2) is 33.6 Å². The number of aliphatic hydroxyl groups is 1. The van der Waals surface area contributed by atoms with Gasteiger partial charge in [-0.2, -0.15) is 0 Å². The van der Waals surface area contributed by atoms with E-state index in [0.717, 1.165) is 50.2 Å². The zero-order valence-corrected chi connectivity index (χ0v) is 26.8. The Morgan fingerprint density at radius 1 is 0.854 bits per heavy atom. The maximum absolute atomic E-state index is 13.5. The highest BCUT2D eigenvalue weighted by molar-refractivity contribution is 6.25. The monoisotopic (exact) mass is 630 g/mol. The van der Waals surface area contributed by atoms with Gasteiger partial charge in [0.2, 0.25) is 5.78 Å². The number of hydrogen-bond donors (Lipinski definition) is 1. The molecule has 6 heterocycles. The van der Waals surface area contributed by atoms with Gasteiger partial charge in [0.25, 0.3) is 0 Å². The van der Waals surface area contributed by atoms with Gasteiger partial charge in [0.05, 0.1) is 22.6 Å². The van der Waals surface area contributed by atoms with Gasteiger partial charge < -0.3 is 13.9 Å². The highest BCUT2D eigenvalue weighted by Crippen LogP contribution is 2.48. The van der Waals surface area contributed by atoms with E-state index in [0.29, 0.717) is 23.1 Å². The Labute approximate surface area is 276 Å². The Hall–Kier alpha value is -5.89. The molecule has 48 heavy (non-hydrogen) atoms. The molecule has 5 aromatic rings. The van der Waals surface area contributed by atoms with Crippen LogP contribution in [0, 0.1) is 11.3 Å². The second-order valence-corrected chi connectivity index (χ2v) is 13.7. The highest BCUT2D eigenvalue weighted by atomic mass is 16.3. The SMILES string of the molecule is CC1(C)C(/C=C2\C(=O)C(/C=C3\N=C4N=CC(c5cc6ccccc6o5)=CC4C3(C)C)=C2O)=Nc2ncc(-c3cc4ccccc4o3)cc21. The number of nitrogens with zero attached hydrogens (tertiary/aromatic N) is 4. The van der Waals surface area contributed by atoms with Crippen molar-refractivity contribution in [2.75, 3.05) is 0 Å². The van der Waals surface area contributed by atoms with Gasteiger partial charge in [-0.05, 0) is 42.5 Å². The molecular weight excluding hydrogens is 600 g/mol. The lowest BCUT2D eigenvalue weighted by Crippen LogP contribution is -2.29. The minimum absolute atomic E-state index is 0.0641. The molecule has 1 N–H and O–H groups in total. The van der Waals surface area contributed by atoms with Crippen LogP contribution in [-0.2, 0) is 10.2 Å². The third-order valence-electron chi connectivity index (χ3n) is 10.0. The molecule has 3 aliphatic heterocycles. The van der Waals surface area contributed by atoms with Gasteiger partial charge in [0, 0.05) is 56.6 Å². The van der Waals surface area contributed by atoms with Crippen LogP contribution < -0.4 is 0 Å². The molecule has 3 aromatic heterocycles. The quantitative estimate of drug-likeness (QED) is 0.199. The fraction of sp³-hybridized carbons (Fsp3) is 0.175. The molecule has 1 atom stereocenters. The van der Waals surface area contributed by atoms with Crippen molar-refractivity contribution in [2.45, 2.75) is 33.1 Å². The average molecular weight is 631 g/mol. The number of furan rings is 2. The number of pyridine rings is 1. The number of fused-ring (bicyclic) bond motifs is 4. The topological polar surface area (TPSA) is 114 Å². The maximum atomic E-state index is 13.5. The molecular formula is C40H30N4O4. The average Bonchev–Trinajstić information content (AvgIpc) is 3.83. The lowest BCUT2D eigenvalue weighted by molar-refractivity contribution is -0.113. The second kappa shape index (κ2) is 9.81. The predicted molar refractivity (Wildman–Crippen MR) is 188 cm³/mol. The van der Waals surface area contributed by atoms with E-state index >= 15 is 0 Å². The molecule has 0 spiro atoms. The molecule has 0 saturated heterocycles. The molecule has 0 amide bonds. The third kappa shape index (κ3) is 4.11. The summed E-state index contributed by atoms with van der Waals surface area (Å²) in [5.41, 5.74) is 5.06. The van der Waals surface area contributed by atoms with Gasteiger partial charge in [-0.1, -0.05) is 70.2 Å². The number of amidine groups is 1. The lowest BCUT2D eigenvalue weighted by atomic mass is 9.74. The van der Waals surface area contributed by atoms with E-state index < -0.39 is 10.8 Å². The number of benzene rings is 2. The number of hydrogen-bond acceptors (Lipinski definition) is 8. The molecule has 0 bridgehead atoms. The molecule has 8 heteroatoms. The molecule has 2 aromatic carbocycles. The zero-order valence-electron chi connectivity index (χ0n) is 26.8. The summed E-state index contributed by atoms with van der Waals surface area (Å²) in [7, 11) is 0. The number of para-hydroxylation sites is 2. The maximum Gasteiger partial charge on any atom is 0.200 e. The van der Waals surface area contributed by atoms with Crippen molar-refractivity contribution in [3.63, 3.8) is 0 Å². The Balaban J connectivity index is 0.989. The van der Waals surface area contributed by atoms with E-state index in [9.17, 15) is 9.90 Å². The van der Waals surface area contributed by atoms with E-state index in [-0.39, 0.29) is 28.6 Å². The number of carbonyl (C=O) groups excluding carboxylic acids is 1. The summed E-state index contributed by atoms with van der Waals surface area (Å²) in [5, 5.41) is 13.2. The van der Waals surface area contributed by atoms with Crippen LogP contribution in [0.4, 0.5) is 5.82 Å². The number of aromatic nitrogens is 1. The van der Waals surface area contributed by atoms with Crippen LogP contribution in [0.1, 0.15) is 39.0 Å². The fourth-order valence-electron chi connectivity index (χ4n) is 6.91. The highest BCUT2D eigenvalue weighted by Gasteiger charge is 2.45. The molecule has 0 saturated carbocycles. The van der Waals surface area contributed by atoms with Crippen LogP contribution in [0.25, 0.3) is 38.8 Å². The Morgan fingerprint density at radius 3 is 2.25 bits per heavy atom. The summed E-state index contributed by atoms with van der Waals surface area (Å²) in [5.74, 6) is 2.30. The molecule has 0 radical (unpaired) electrons. The fourth-order valence-corrected chi connectivity index (χ4v) is 6.91. The van der Waals surface area contributed by atoms with Crippen molar-refractivity contribution in [3.05, 3.63) is 125 Å². The van der Waals surface area contributed by atoms with Gasteiger partial charge in [0.15, 0.2) is 5.82 Å².